The Kier molecular flexibility index (Phi) is 6.35. The maximum atomic E-state index is 12.9. The van der Waals surface area contributed by atoms with Gasteiger partial charge in [-0.15, -0.1) is 6.58 Å². The molecule has 0 unspecified atom stereocenters. The van der Waals surface area contributed by atoms with Gasteiger partial charge in [0.1, 0.15) is 18.1 Å². The minimum absolute atomic E-state index is 0.0171. The standard InChI is InChI=1S/C24H30N2O3/c1-2-6-20-7-3-4-8-22(20)28-18-21-11-12-23(29-21)24(27)26-14-5-13-25(15-16-26)17-19-9-10-19/h2-4,7-8,11-12,19H,1,5-6,9-10,13-18H2. The lowest BCUT2D eigenvalue weighted by Gasteiger charge is -2.21. The first-order valence-electron chi connectivity index (χ1n) is 10.6. The molecule has 0 atom stereocenters. The number of ether oxygens (including phenoxy) is 1. The van der Waals surface area contributed by atoms with E-state index in [-0.39, 0.29) is 5.91 Å². The maximum absolute atomic E-state index is 12.9. The molecule has 1 aliphatic carbocycles. The van der Waals surface area contributed by atoms with Gasteiger partial charge < -0.3 is 19.0 Å². The van der Waals surface area contributed by atoms with Crippen LogP contribution in [0, 0.1) is 5.92 Å². The predicted molar refractivity (Wildman–Crippen MR) is 113 cm³/mol. The van der Waals surface area contributed by atoms with Crippen molar-refractivity contribution in [1.82, 2.24) is 9.80 Å². The molecule has 4 rings (SSSR count). The van der Waals surface area contributed by atoms with Crippen LogP contribution >= 0.6 is 0 Å². The topological polar surface area (TPSA) is 45.9 Å². The number of hydrogen-bond acceptors (Lipinski definition) is 4. The molecular formula is C24H30N2O3. The van der Waals surface area contributed by atoms with E-state index in [2.05, 4.69) is 11.5 Å². The largest absolute Gasteiger partial charge is 0.485 e. The third-order valence-corrected chi connectivity index (χ3v) is 5.67. The Morgan fingerprint density at radius 1 is 1.14 bits per heavy atom. The zero-order chi connectivity index (χ0) is 20.1. The van der Waals surface area contributed by atoms with Crippen LogP contribution in [-0.2, 0) is 13.0 Å². The summed E-state index contributed by atoms with van der Waals surface area (Å²) in [6.07, 6.45) is 6.38. The highest BCUT2D eigenvalue weighted by atomic mass is 16.5. The highest BCUT2D eigenvalue weighted by molar-refractivity contribution is 5.91. The number of benzene rings is 1. The molecule has 5 heteroatoms. The Labute approximate surface area is 172 Å². The summed E-state index contributed by atoms with van der Waals surface area (Å²) in [5.74, 6) is 2.75. The molecule has 1 aromatic heterocycles. The Balaban J connectivity index is 1.32. The van der Waals surface area contributed by atoms with Crippen molar-refractivity contribution in [3.8, 4) is 5.75 Å². The molecule has 1 aromatic carbocycles. The molecule has 1 saturated carbocycles. The van der Waals surface area contributed by atoms with Crippen molar-refractivity contribution in [2.24, 2.45) is 5.92 Å². The summed E-state index contributed by atoms with van der Waals surface area (Å²) in [6, 6.07) is 11.5. The monoisotopic (exact) mass is 394 g/mol. The van der Waals surface area contributed by atoms with E-state index >= 15 is 0 Å². The van der Waals surface area contributed by atoms with Gasteiger partial charge in [0, 0.05) is 26.2 Å². The number of carbonyl (C=O) groups is 1. The van der Waals surface area contributed by atoms with Gasteiger partial charge in [-0.3, -0.25) is 4.79 Å². The van der Waals surface area contributed by atoms with E-state index < -0.39 is 0 Å². The highest BCUT2D eigenvalue weighted by Gasteiger charge is 2.27. The average Bonchev–Trinajstić information content (AvgIpc) is 3.48. The molecule has 1 aliphatic heterocycles. The fraction of sp³-hybridized carbons (Fsp3) is 0.458. The number of hydrogen-bond donors (Lipinski definition) is 0. The smallest absolute Gasteiger partial charge is 0.289 e. The van der Waals surface area contributed by atoms with Gasteiger partial charge >= 0.3 is 0 Å². The quantitative estimate of drug-likeness (QED) is 0.631. The molecule has 5 nitrogen and oxygen atoms in total. The van der Waals surface area contributed by atoms with E-state index in [4.69, 9.17) is 9.15 Å². The SMILES string of the molecule is C=CCc1ccccc1OCc1ccc(C(=O)N2CCCN(CC3CC3)CC2)o1. The normalized spacial score (nSPS) is 17.7. The van der Waals surface area contributed by atoms with Crippen molar-refractivity contribution in [3.05, 3.63) is 66.1 Å². The summed E-state index contributed by atoms with van der Waals surface area (Å²) in [4.78, 5) is 17.3. The van der Waals surface area contributed by atoms with Crippen LogP contribution in [0.4, 0.5) is 0 Å². The number of para-hydroxylation sites is 1. The Morgan fingerprint density at radius 3 is 2.83 bits per heavy atom. The lowest BCUT2D eigenvalue weighted by molar-refractivity contribution is 0.0725. The first kappa shape index (κ1) is 19.8. The molecule has 0 spiro atoms. The van der Waals surface area contributed by atoms with Crippen molar-refractivity contribution < 1.29 is 13.9 Å². The van der Waals surface area contributed by atoms with E-state index in [9.17, 15) is 4.79 Å². The van der Waals surface area contributed by atoms with Gasteiger partial charge in [0.25, 0.3) is 5.91 Å². The van der Waals surface area contributed by atoms with E-state index in [1.807, 2.05) is 41.3 Å². The lowest BCUT2D eigenvalue weighted by atomic mass is 10.1. The van der Waals surface area contributed by atoms with Gasteiger partial charge in [-0.25, -0.2) is 0 Å². The van der Waals surface area contributed by atoms with Crippen molar-refractivity contribution >= 4 is 5.91 Å². The van der Waals surface area contributed by atoms with Crippen LogP contribution in [0.3, 0.4) is 0 Å². The van der Waals surface area contributed by atoms with Crippen LogP contribution < -0.4 is 4.74 Å². The second kappa shape index (κ2) is 9.31. The van der Waals surface area contributed by atoms with Crippen molar-refractivity contribution in [2.75, 3.05) is 32.7 Å². The zero-order valence-corrected chi connectivity index (χ0v) is 17.0. The van der Waals surface area contributed by atoms with Crippen LogP contribution in [0.5, 0.6) is 5.75 Å². The van der Waals surface area contributed by atoms with E-state index in [1.54, 1.807) is 6.07 Å². The summed E-state index contributed by atoms with van der Waals surface area (Å²) in [7, 11) is 0. The van der Waals surface area contributed by atoms with Gasteiger partial charge in [-0.05, 0) is 61.9 Å². The van der Waals surface area contributed by atoms with E-state index in [1.165, 1.54) is 19.4 Å². The summed E-state index contributed by atoms with van der Waals surface area (Å²) >= 11 is 0. The molecule has 2 heterocycles. The molecule has 1 saturated heterocycles. The third kappa shape index (κ3) is 5.30. The number of furan rings is 1. The second-order valence-corrected chi connectivity index (χ2v) is 8.04. The molecule has 0 N–H and O–H groups in total. The minimum atomic E-state index is -0.0171. The fourth-order valence-electron chi connectivity index (χ4n) is 3.87. The van der Waals surface area contributed by atoms with E-state index in [0.717, 1.165) is 56.3 Å². The Bertz CT molecular complexity index is 840. The van der Waals surface area contributed by atoms with Crippen molar-refractivity contribution in [3.63, 3.8) is 0 Å². The van der Waals surface area contributed by atoms with Gasteiger partial charge in [0.15, 0.2) is 5.76 Å². The zero-order valence-electron chi connectivity index (χ0n) is 17.0. The van der Waals surface area contributed by atoms with Gasteiger partial charge in [0.05, 0.1) is 0 Å². The van der Waals surface area contributed by atoms with Crippen LogP contribution in [0.2, 0.25) is 0 Å². The van der Waals surface area contributed by atoms with Crippen molar-refractivity contribution in [2.45, 2.75) is 32.3 Å². The van der Waals surface area contributed by atoms with Gasteiger partial charge in [0.2, 0.25) is 0 Å². The molecule has 0 radical (unpaired) electrons. The molecular weight excluding hydrogens is 364 g/mol. The number of carbonyl (C=O) groups excluding carboxylic acids is 1. The van der Waals surface area contributed by atoms with Crippen LogP contribution in [-0.4, -0.2) is 48.4 Å². The maximum Gasteiger partial charge on any atom is 0.289 e. The molecule has 29 heavy (non-hydrogen) atoms. The number of allylic oxidation sites excluding steroid dienone is 1. The third-order valence-electron chi connectivity index (χ3n) is 5.67. The molecule has 2 aliphatic rings. The summed E-state index contributed by atoms with van der Waals surface area (Å²) < 4.78 is 11.7. The van der Waals surface area contributed by atoms with Crippen LogP contribution in [0.15, 0.2) is 53.5 Å². The Hall–Kier alpha value is -2.53. The lowest BCUT2D eigenvalue weighted by Crippen LogP contribution is -2.35. The van der Waals surface area contributed by atoms with Crippen LogP contribution in [0.25, 0.3) is 0 Å². The molecule has 1 amide bonds. The molecule has 0 bridgehead atoms. The van der Waals surface area contributed by atoms with Crippen LogP contribution in [0.1, 0.15) is 41.1 Å². The molecule has 2 fully saturated rings. The van der Waals surface area contributed by atoms with Gasteiger partial charge in [-0.2, -0.15) is 0 Å². The molecule has 2 aromatic rings. The second-order valence-electron chi connectivity index (χ2n) is 8.04. The molecule has 154 valence electrons. The number of amides is 1. The highest BCUT2D eigenvalue weighted by Crippen LogP contribution is 2.30. The van der Waals surface area contributed by atoms with Gasteiger partial charge in [-0.1, -0.05) is 24.3 Å². The summed E-state index contributed by atoms with van der Waals surface area (Å²) in [5.41, 5.74) is 1.09. The summed E-state index contributed by atoms with van der Waals surface area (Å²) in [6.45, 7) is 8.89. The number of rotatable bonds is 8. The predicted octanol–water partition coefficient (Wildman–Crippen LogP) is 4.15. The van der Waals surface area contributed by atoms with E-state index in [0.29, 0.717) is 18.1 Å². The van der Waals surface area contributed by atoms with Crippen molar-refractivity contribution in [1.29, 1.82) is 0 Å². The minimum Gasteiger partial charge on any atom is -0.485 e. The Morgan fingerprint density at radius 2 is 2.00 bits per heavy atom. The number of nitrogens with zero attached hydrogens (tertiary/aromatic N) is 2. The summed E-state index contributed by atoms with van der Waals surface area (Å²) in [5, 5.41) is 0. The first-order chi connectivity index (χ1) is 14.2. The fourth-order valence-corrected chi connectivity index (χ4v) is 3.87. The first-order valence-corrected chi connectivity index (χ1v) is 10.6. The average molecular weight is 395 g/mol.